The molecular formula is C23H27ClN2O3S. The second kappa shape index (κ2) is 11.3. The van der Waals surface area contributed by atoms with Crippen LogP contribution in [0.2, 0.25) is 5.02 Å². The summed E-state index contributed by atoms with van der Waals surface area (Å²) in [7, 11) is 1.55. The summed E-state index contributed by atoms with van der Waals surface area (Å²) in [6.45, 7) is 5.38. The van der Waals surface area contributed by atoms with Crippen LogP contribution >= 0.6 is 23.4 Å². The van der Waals surface area contributed by atoms with Gasteiger partial charge in [0.1, 0.15) is 0 Å². The zero-order valence-electron chi connectivity index (χ0n) is 17.3. The molecule has 1 fully saturated rings. The first-order valence-electron chi connectivity index (χ1n) is 9.98. The molecule has 160 valence electrons. The zero-order chi connectivity index (χ0) is 21.3. The molecule has 0 unspecified atom stereocenters. The van der Waals surface area contributed by atoms with Gasteiger partial charge in [-0.15, -0.1) is 0 Å². The van der Waals surface area contributed by atoms with E-state index in [0.29, 0.717) is 23.1 Å². The predicted molar refractivity (Wildman–Crippen MR) is 126 cm³/mol. The third kappa shape index (κ3) is 6.17. The number of hydrogen-bond acceptors (Lipinski definition) is 5. The molecule has 30 heavy (non-hydrogen) atoms. The first-order chi connectivity index (χ1) is 14.6. The van der Waals surface area contributed by atoms with Crippen LogP contribution in [0.25, 0.3) is 6.08 Å². The van der Waals surface area contributed by atoms with Crippen molar-refractivity contribution in [2.75, 3.05) is 43.6 Å². The lowest BCUT2D eigenvalue weighted by molar-refractivity contribution is -0.111. The average molecular weight is 447 g/mol. The summed E-state index contributed by atoms with van der Waals surface area (Å²) in [6.07, 6.45) is 3.22. The third-order valence-corrected chi connectivity index (χ3v) is 5.96. The highest BCUT2D eigenvalue weighted by Gasteiger charge is 2.14. The van der Waals surface area contributed by atoms with Crippen LogP contribution in [0.4, 0.5) is 5.69 Å². The number of ether oxygens (including phenoxy) is 2. The minimum atomic E-state index is -0.193. The molecule has 5 nitrogen and oxygen atoms in total. The Balaban J connectivity index is 1.69. The van der Waals surface area contributed by atoms with Gasteiger partial charge in [-0.1, -0.05) is 29.8 Å². The smallest absolute Gasteiger partial charge is 0.248 e. The molecule has 1 aliphatic heterocycles. The number of thioether (sulfide) groups is 1. The van der Waals surface area contributed by atoms with E-state index < -0.39 is 0 Å². The van der Waals surface area contributed by atoms with Crippen LogP contribution in [0.1, 0.15) is 18.1 Å². The van der Waals surface area contributed by atoms with E-state index in [4.69, 9.17) is 21.1 Å². The van der Waals surface area contributed by atoms with Crippen molar-refractivity contribution in [1.82, 2.24) is 4.90 Å². The van der Waals surface area contributed by atoms with Crippen LogP contribution < -0.4 is 14.8 Å². The minimum Gasteiger partial charge on any atom is -0.491 e. The van der Waals surface area contributed by atoms with Crippen molar-refractivity contribution in [1.29, 1.82) is 0 Å². The van der Waals surface area contributed by atoms with E-state index in [0.717, 1.165) is 48.0 Å². The van der Waals surface area contributed by atoms with Gasteiger partial charge in [0, 0.05) is 42.9 Å². The van der Waals surface area contributed by atoms with E-state index in [-0.39, 0.29) is 5.91 Å². The van der Waals surface area contributed by atoms with Gasteiger partial charge in [-0.25, -0.2) is 0 Å². The van der Waals surface area contributed by atoms with Crippen molar-refractivity contribution in [2.45, 2.75) is 13.5 Å². The number of benzene rings is 2. The van der Waals surface area contributed by atoms with Gasteiger partial charge in [0.05, 0.1) is 18.7 Å². The Hall–Kier alpha value is -2.15. The topological polar surface area (TPSA) is 50.8 Å². The number of halogens is 1. The van der Waals surface area contributed by atoms with Crippen LogP contribution in [-0.2, 0) is 11.3 Å². The summed E-state index contributed by atoms with van der Waals surface area (Å²) < 4.78 is 10.9. The van der Waals surface area contributed by atoms with Crippen molar-refractivity contribution in [3.63, 3.8) is 0 Å². The Morgan fingerprint density at radius 3 is 2.77 bits per heavy atom. The largest absolute Gasteiger partial charge is 0.491 e. The highest BCUT2D eigenvalue weighted by atomic mass is 35.5. The number of rotatable bonds is 8. The Morgan fingerprint density at radius 1 is 1.27 bits per heavy atom. The summed E-state index contributed by atoms with van der Waals surface area (Å²) in [6, 6.07) is 11.5. The van der Waals surface area contributed by atoms with E-state index >= 15 is 0 Å². The van der Waals surface area contributed by atoms with Crippen molar-refractivity contribution in [2.24, 2.45) is 0 Å². The van der Waals surface area contributed by atoms with Crippen LogP contribution in [0.5, 0.6) is 11.5 Å². The monoisotopic (exact) mass is 446 g/mol. The lowest BCUT2D eigenvalue weighted by atomic mass is 10.1. The lowest BCUT2D eigenvalue weighted by Gasteiger charge is -2.27. The molecule has 0 atom stereocenters. The average Bonchev–Trinajstić information content (AvgIpc) is 2.75. The summed E-state index contributed by atoms with van der Waals surface area (Å²) in [4.78, 5) is 15.0. The Kier molecular flexibility index (Phi) is 8.49. The molecule has 0 bridgehead atoms. The minimum absolute atomic E-state index is 0.193. The molecule has 1 amide bonds. The second-order valence-corrected chi connectivity index (χ2v) is 8.47. The van der Waals surface area contributed by atoms with E-state index in [2.05, 4.69) is 16.3 Å². The maximum absolute atomic E-state index is 12.5. The van der Waals surface area contributed by atoms with E-state index in [9.17, 15) is 4.79 Å². The van der Waals surface area contributed by atoms with Gasteiger partial charge in [-0.05, 0) is 42.3 Å². The van der Waals surface area contributed by atoms with Gasteiger partial charge in [0.15, 0.2) is 11.5 Å². The standard InChI is InChI=1S/C23H27ClN2O3S/c1-3-29-21-15-17(14-19(24)23(21)28-2)8-9-22(27)25-20-7-5-4-6-18(20)16-26-10-12-30-13-11-26/h4-9,14-15H,3,10-13,16H2,1-2H3,(H,25,27)/b9-8+. The molecule has 0 spiro atoms. The first kappa shape index (κ1) is 22.5. The number of carbonyl (C=O) groups excluding carboxylic acids is 1. The number of hydrogen-bond donors (Lipinski definition) is 1. The van der Waals surface area contributed by atoms with E-state index in [1.807, 2.05) is 36.9 Å². The molecule has 1 aliphatic rings. The molecular weight excluding hydrogens is 420 g/mol. The summed E-state index contributed by atoms with van der Waals surface area (Å²) in [5.74, 6) is 3.17. The molecule has 1 saturated heterocycles. The predicted octanol–water partition coefficient (Wildman–Crippen LogP) is 4.95. The molecule has 2 aromatic carbocycles. The number of anilines is 1. The number of nitrogens with zero attached hydrogens (tertiary/aromatic N) is 1. The maximum Gasteiger partial charge on any atom is 0.248 e. The van der Waals surface area contributed by atoms with Crippen molar-refractivity contribution < 1.29 is 14.3 Å². The van der Waals surface area contributed by atoms with Gasteiger partial charge in [-0.2, -0.15) is 11.8 Å². The molecule has 0 aliphatic carbocycles. The van der Waals surface area contributed by atoms with Crippen molar-refractivity contribution in [3.05, 3.63) is 58.6 Å². The van der Waals surface area contributed by atoms with Crippen LogP contribution in [0, 0.1) is 0 Å². The number of methoxy groups -OCH3 is 1. The first-order valence-corrected chi connectivity index (χ1v) is 11.5. The van der Waals surface area contributed by atoms with Gasteiger partial charge < -0.3 is 14.8 Å². The highest BCUT2D eigenvalue weighted by Crippen LogP contribution is 2.36. The maximum atomic E-state index is 12.5. The fourth-order valence-corrected chi connectivity index (χ4v) is 4.55. The van der Waals surface area contributed by atoms with Crippen LogP contribution in [0.3, 0.4) is 0 Å². The van der Waals surface area contributed by atoms with Crippen molar-refractivity contribution >= 4 is 41.0 Å². The summed E-state index contributed by atoms with van der Waals surface area (Å²) in [5, 5.41) is 3.44. The van der Waals surface area contributed by atoms with E-state index in [1.165, 1.54) is 6.08 Å². The normalized spacial score (nSPS) is 14.6. The van der Waals surface area contributed by atoms with Gasteiger partial charge in [0.25, 0.3) is 0 Å². The molecule has 1 N–H and O–H groups in total. The highest BCUT2D eigenvalue weighted by molar-refractivity contribution is 7.99. The van der Waals surface area contributed by atoms with Gasteiger partial charge in [-0.3, -0.25) is 9.69 Å². The molecule has 0 radical (unpaired) electrons. The summed E-state index contributed by atoms with van der Waals surface area (Å²) >= 11 is 8.27. The van der Waals surface area contributed by atoms with Crippen molar-refractivity contribution in [3.8, 4) is 11.5 Å². The fraction of sp³-hybridized carbons (Fsp3) is 0.348. The Morgan fingerprint density at radius 2 is 2.03 bits per heavy atom. The van der Waals surface area contributed by atoms with Crippen LogP contribution in [0.15, 0.2) is 42.5 Å². The number of nitrogens with one attached hydrogen (secondary N) is 1. The van der Waals surface area contributed by atoms with Gasteiger partial charge in [0.2, 0.25) is 5.91 Å². The molecule has 0 saturated carbocycles. The molecule has 0 aromatic heterocycles. The SMILES string of the molecule is CCOc1cc(/C=C/C(=O)Nc2ccccc2CN2CCSCC2)cc(Cl)c1OC. The number of para-hydroxylation sites is 1. The lowest BCUT2D eigenvalue weighted by Crippen LogP contribution is -2.32. The number of amides is 1. The van der Waals surface area contributed by atoms with E-state index in [1.54, 1.807) is 25.3 Å². The second-order valence-electron chi connectivity index (χ2n) is 6.84. The molecule has 1 heterocycles. The summed E-state index contributed by atoms with van der Waals surface area (Å²) in [5.41, 5.74) is 2.73. The Labute approximate surface area is 187 Å². The molecule has 7 heteroatoms. The Bertz CT molecular complexity index is 898. The quantitative estimate of drug-likeness (QED) is 0.581. The van der Waals surface area contributed by atoms with Gasteiger partial charge >= 0.3 is 0 Å². The van der Waals surface area contributed by atoms with Crippen LogP contribution in [-0.4, -0.2) is 49.1 Å². The molecule has 2 aromatic rings. The third-order valence-electron chi connectivity index (χ3n) is 4.74. The number of carbonyl (C=O) groups is 1. The fourth-order valence-electron chi connectivity index (χ4n) is 3.27. The zero-order valence-corrected chi connectivity index (χ0v) is 18.9. The molecule has 3 rings (SSSR count).